The second kappa shape index (κ2) is 6.18. The van der Waals surface area contributed by atoms with E-state index in [4.69, 9.17) is 4.74 Å². The number of rotatable bonds is 4. The van der Waals surface area contributed by atoms with Crippen molar-refractivity contribution in [3.63, 3.8) is 0 Å². The molecule has 0 aliphatic carbocycles. The van der Waals surface area contributed by atoms with E-state index < -0.39 is 5.82 Å². The summed E-state index contributed by atoms with van der Waals surface area (Å²) < 4.78 is 19.9. The topological polar surface area (TPSA) is 26.3 Å². The van der Waals surface area contributed by atoms with Gasteiger partial charge in [-0.05, 0) is 42.3 Å². The second-order valence-electron chi connectivity index (χ2n) is 4.49. The van der Waals surface area contributed by atoms with Crippen molar-refractivity contribution in [1.82, 2.24) is 0 Å². The quantitative estimate of drug-likeness (QED) is 0.776. The molecule has 0 unspecified atom stereocenters. The molecular weight excluding hydrogens is 323 g/mol. The van der Waals surface area contributed by atoms with Crippen LogP contribution in [0.1, 0.15) is 21.5 Å². The fourth-order valence-electron chi connectivity index (χ4n) is 1.94. The van der Waals surface area contributed by atoms with Gasteiger partial charge < -0.3 is 4.74 Å². The summed E-state index contributed by atoms with van der Waals surface area (Å²) in [6.45, 7) is 1.65. The van der Waals surface area contributed by atoms with Gasteiger partial charge in [-0.1, -0.05) is 28.1 Å². The molecule has 0 saturated carbocycles. The molecule has 0 N–H and O–H groups in total. The number of aryl methyl sites for hydroxylation is 1. The number of methoxy groups -OCH3 is 1. The highest BCUT2D eigenvalue weighted by atomic mass is 79.9. The summed E-state index contributed by atoms with van der Waals surface area (Å²) in [6.07, 6.45) is 0.123. The Morgan fingerprint density at radius 2 is 2.05 bits per heavy atom. The van der Waals surface area contributed by atoms with Crippen LogP contribution in [0.4, 0.5) is 4.39 Å². The number of hydrogen-bond donors (Lipinski definition) is 0. The van der Waals surface area contributed by atoms with Crippen molar-refractivity contribution < 1.29 is 13.9 Å². The van der Waals surface area contributed by atoms with E-state index in [9.17, 15) is 9.18 Å². The molecule has 104 valence electrons. The zero-order chi connectivity index (χ0) is 14.7. The molecule has 0 aliphatic heterocycles. The van der Waals surface area contributed by atoms with Gasteiger partial charge in [0, 0.05) is 10.9 Å². The lowest BCUT2D eigenvalue weighted by molar-refractivity contribution is 0.0988. The molecule has 2 aromatic carbocycles. The Morgan fingerprint density at radius 1 is 1.30 bits per heavy atom. The number of benzene rings is 2. The lowest BCUT2D eigenvalue weighted by Gasteiger charge is -2.08. The van der Waals surface area contributed by atoms with Gasteiger partial charge in [-0.25, -0.2) is 4.39 Å². The van der Waals surface area contributed by atoms with Crippen LogP contribution in [-0.4, -0.2) is 12.9 Å². The molecule has 2 rings (SSSR count). The first kappa shape index (κ1) is 14.7. The van der Waals surface area contributed by atoms with E-state index in [1.54, 1.807) is 38.3 Å². The van der Waals surface area contributed by atoms with Crippen LogP contribution in [0.2, 0.25) is 0 Å². The number of ether oxygens (including phenoxy) is 1. The highest BCUT2D eigenvalue weighted by molar-refractivity contribution is 9.10. The third-order valence-corrected chi connectivity index (χ3v) is 3.87. The lowest BCUT2D eigenvalue weighted by Crippen LogP contribution is -2.07. The minimum atomic E-state index is -0.448. The monoisotopic (exact) mass is 336 g/mol. The number of hydrogen-bond acceptors (Lipinski definition) is 2. The summed E-state index contributed by atoms with van der Waals surface area (Å²) >= 11 is 3.39. The van der Waals surface area contributed by atoms with E-state index in [1.807, 2.05) is 6.07 Å². The number of Topliss-reactive ketones (excluding diaryl/α,β-unsaturated/α-hetero) is 1. The lowest BCUT2D eigenvalue weighted by atomic mass is 10.0. The highest BCUT2D eigenvalue weighted by Crippen LogP contribution is 2.24. The molecule has 0 heterocycles. The number of carbonyl (C=O) groups excluding carboxylic acids is 1. The van der Waals surface area contributed by atoms with Crippen LogP contribution in [0.15, 0.2) is 40.9 Å². The number of carbonyl (C=O) groups is 1. The maximum atomic E-state index is 13.9. The van der Waals surface area contributed by atoms with Crippen molar-refractivity contribution in [2.24, 2.45) is 0 Å². The maximum absolute atomic E-state index is 13.9. The fraction of sp³-hybridized carbons (Fsp3) is 0.188. The molecule has 4 heteroatoms. The highest BCUT2D eigenvalue weighted by Gasteiger charge is 2.15. The summed E-state index contributed by atoms with van der Waals surface area (Å²) in [6, 6.07) is 10.2. The third-order valence-electron chi connectivity index (χ3n) is 3.10. The zero-order valence-electron chi connectivity index (χ0n) is 11.2. The van der Waals surface area contributed by atoms with E-state index in [0.29, 0.717) is 11.3 Å². The van der Waals surface area contributed by atoms with Gasteiger partial charge >= 0.3 is 0 Å². The predicted molar refractivity (Wildman–Crippen MR) is 79.9 cm³/mol. The van der Waals surface area contributed by atoms with E-state index >= 15 is 0 Å². The van der Waals surface area contributed by atoms with Crippen molar-refractivity contribution >= 4 is 21.7 Å². The standard InChI is InChI=1S/C16H14BrFO2/c1-10-4-3-5-13(16(10)18)15(19)9-11-8-12(20-2)6-7-14(11)17/h3-8H,9H2,1-2H3. The Labute approximate surface area is 125 Å². The van der Waals surface area contributed by atoms with Gasteiger partial charge in [0.05, 0.1) is 12.7 Å². The molecule has 2 aromatic rings. The van der Waals surface area contributed by atoms with Gasteiger partial charge in [0.15, 0.2) is 5.78 Å². The minimum Gasteiger partial charge on any atom is -0.497 e. The molecule has 0 atom stereocenters. The van der Waals surface area contributed by atoms with Gasteiger partial charge in [0.1, 0.15) is 11.6 Å². The molecule has 0 bridgehead atoms. The van der Waals surface area contributed by atoms with E-state index in [0.717, 1.165) is 10.0 Å². The first-order valence-electron chi connectivity index (χ1n) is 6.13. The molecule has 0 amide bonds. The molecule has 2 nitrogen and oxygen atoms in total. The smallest absolute Gasteiger partial charge is 0.170 e. The predicted octanol–water partition coefficient (Wildman–Crippen LogP) is 4.33. The Hall–Kier alpha value is -1.68. The molecule has 0 fully saturated rings. The fourth-order valence-corrected chi connectivity index (χ4v) is 2.33. The first-order valence-corrected chi connectivity index (χ1v) is 6.93. The van der Waals surface area contributed by atoms with Crippen LogP contribution in [-0.2, 0) is 6.42 Å². The van der Waals surface area contributed by atoms with Crippen LogP contribution in [0.25, 0.3) is 0 Å². The summed E-state index contributed by atoms with van der Waals surface area (Å²) in [5, 5.41) is 0. The normalized spacial score (nSPS) is 10.4. The van der Waals surface area contributed by atoms with Gasteiger partial charge in [-0.3, -0.25) is 4.79 Å². The SMILES string of the molecule is COc1ccc(Br)c(CC(=O)c2cccc(C)c2F)c1. The largest absolute Gasteiger partial charge is 0.497 e. The molecule has 0 aliphatic rings. The van der Waals surface area contributed by atoms with Crippen molar-refractivity contribution in [1.29, 1.82) is 0 Å². The van der Waals surface area contributed by atoms with Crippen LogP contribution < -0.4 is 4.74 Å². The zero-order valence-corrected chi connectivity index (χ0v) is 12.8. The van der Waals surface area contributed by atoms with E-state index in [-0.39, 0.29) is 17.8 Å². The Morgan fingerprint density at radius 3 is 2.75 bits per heavy atom. The van der Waals surface area contributed by atoms with Crippen LogP contribution >= 0.6 is 15.9 Å². The second-order valence-corrected chi connectivity index (χ2v) is 5.35. The van der Waals surface area contributed by atoms with Crippen LogP contribution in [0, 0.1) is 12.7 Å². The Kier molecular flexibility index (Phi) is 4.55. The number of halogens is 2. The average molecular weight is 337 g/mol. The van der Waals surface area contributed by atoms with Crippen LogP contribution in [0.5, 0.6) is 5.75 Å². The average Bonchev–Trinajstić information content (AvgIpc) is 2.44. The molecule has 20 heavy (non-hydrogen) atoms. The van der Waals surface area contributed by atoms with Crippen molar-refractivity contribution in [2.75, 3.05) is 7.11 Å². The molecule has 0 spiro atoms. The van der Waals surface area contributed by atoms with Gasteiger partial charge in [0.2, 0.25) is 0 Å². The van der Waals surface area contributed by atoms with Crippen LogP contribution in [0.3, 0.4) is 0 Å². The van der Waals surface area contributed by atoms with E-state index in [2.05, 4.69) is 15.9 Å². The van der Waals surface area contributed by atoms with E-state index in [1.165, 1.54) is 6.07 Å². The summed E-state index contributed by atoms with van der Waals surface area (Å²) in [5.74, 6) is -0.0302. The third kappa shape index (κ3) is 3.07. The summed E-state index contributed by atoms with van der Waals surface area (Å²) in [7, 11) is 1.56. The molecule has 0 saturated heterocycles. The Balaban J connectivity index is 2.30. The van der Waals surface area contributed by atoms with Crippen molar-refractivity contribution in [2.45, 2.75) is 13.3 Å². The Bertz CT molecular complexity index is 653. The van der Waals surface area contributed by atoms with Crippen molar-refractivity contribution in [3.05, 3.63) is 63.4 Å². The summed E-state index contributed by atoms with van der Waals surface area (Å²) in [4.78, 5) is 12.2. The summed E-state index contributed by atoms with van der Waals surface area (Å²) in [5.41, 5.74) is 1.37. The molecule has 0 radical (unpaired) electrons. The van der Waals surface area contributed by atoms with Crippen molar-refractivity contribution in [3.8, 4) is 5.75 Å². The van der Waals surface area contributed by atoms with Gasteiger partial charge in [0.25, 0.3) is 0 Å². The molecular formula is C16H14BrFO2. The van der Waals surface area contributed by atoms with Gasteiger partial charge in [-0.15, -0.1) is 0 Å². The maximum Gasteiger partial charge on any atom is 0.170 e. The number of ketones is 1. The van der Waals surface area contributed by atoms with Gasteiger partial charge in [-0.2, -0.15) is 0 Å². The first-order chi connectivity index (χ1) is 9.52. The molecule has 0 aromatic heterocycles. The minimum absolute atomic E-state index is 0.123.